The molecule has 0 radical (unpaired) electrons. The second-order valence-corrected chi connectivity index (χ2v) is 6.32. The molecule has 1 heterocycles. The van der Waals surface area contributed by atoms with E-state index in [1.807, 2.05) is 48.5 Å². The van der Waals surface area contributed by atoms with Gasteiger partial charge in [-0.25, -0.2) is 0 Å². The topological polar surface area (TPSA) is 87.2 Å². The number of hydrogen-bond donors (Lipinski definition) is 3. The number of fused-ring (bicyclic) bond motifs is 1. The van der Waals surface area contributed by atoms with E-state index in [0.717, 1.165) is 22.4 Å². The number of benzene rings is 2. The molecule has 3 N–H and O–H groups in total. The number of methoxy groups -OCH3 is 1. The number of carbonyl (C=O) groups excluding carboxylic acids is 1. The van der Waals surface area contributed by atoms with Crippen LogP contribution in [0, 0.1) is 0 Å². The van der Waals surface area contributed by atoms with E-state index in [0.29, 0.717) is 17.8 Å². The van der Waals surface area contributed by atoms with E-state index in [9.17, 15) is 9.90 Å². The Balaban J connectivity index is 1.52. The highest BCUT2D eigenvalue weighted by molar-refractivity contribution is 5.93. The predicted molar refractivity (Wildman–Crippen MR) is 96.9 cm³/mol. The summed E-state index contributed by atoms with van der Waals surface area (Å²) in [5.41, 5.74) is 3.93. The van der Waals surface area contributed by atoms with Gasteiger partial charge in [0.2, 0.25) is 0 Å². The summed E-state index contributed by atoms with van der Waals surface area (Å²) in [7, 11) is 1.61. The summed E-state index contributed by atoms with van der Waals surface area (Å²) in [6, 6.07) is 16.5. The van der Waals surface area contributed by atoms with Crippen molar-refractivity contribution in [2.45, 2.75) is 18.6 Å². The number of H-pyrrole nitrogens is 1. The Hall–Kier alpha value is -3.12. The van der Waals surface area contributed by atoms with Crippen molar-refractivity contribution in [3.8, 4) is 17.0 Å². The van der Waals surface area contributed by atoms with Gasteiger partial charge < -0.3 is 15.2 Å². The lowest BCUT2D eigenvalue weighted by Gasteiger charge is -2.17. The lowest BCUT2D eigenvalue weighted by atomic mass is 10.1. The zero-order valence-corrected chi connectivity index (χ0v) is 14.3. The van der Waals surface area contributed by atoms with E-state index in [1.54, 1.807) is 13.2 Å². The minimum atomic E-state index is -0.625. The number of aliphatic hydroxyl groups excluding tert-OH is 1. The number of aromatic amines is 1. The summed E-state index contributed by atoms with van der Waals surface area (Å²) in [5.74, 6) is 0.467. The normalized spacial score (nSPS) is 18.4. The van der Waals surface area contributed by atoms with Crippen LogP contribution in [-0.2, 0) is 6.42 Å². The fraction of sp³-hybridized carbons (Fsp3) is 0.200. The van der Waals surface area contributed by atoms with Crippen molar-refractivity contribution in [3.63, 3.8) is 0 Å². The molecule has 1 amide bonds. The van der Waals surface area contributed by atoms with E-state index in [2.05, 4.69) is 15.5 Å². The fourth-order valence-corrected chi connectivity index (χ4v) is 3.31. The number of amides is 1. The second-order valence-electron chi connectivity index (χ2n) is 6.32. The van der Waals surface area contributed by atoms with Gasteiger partial charge in [0.25, 0.3) is 5.91 Å². The third kappa shape index (κ3) is 2.95. The van der Waals surface area contributed by atoms with E-state index in [4.69, 9.17) is 4.74 Å². The van der Waals surface area contributed by atoms with Gasteiger partial charge in [0, 0.05) is 12.0 Å². The van der Waals surface area contributed by atoms with Crippen LogP contribution in [0.1, 0.15) is 27.7 Å². The molecule has 6 heteroatoms. The molecular formula is C20H19N3O3. The highest BCUT2D eigenvalue weighted by Crippen LogP contribution is 2.31. The molecule has 1 aromatic heterocycles. The Kier molecular flexibility index (Phi) is 4.18. The van der Waals surface area contributed by atoms with Gasteiger partial charge in [-0.2, -0.15) is 5.10 Å². The first-order chi connectivity index (χ1) is 12.7. The van der Waals surface area contributed by atoms with E-state index < -0.39 is 12.1 Å². The molecule has 26 heavy (non-hydrogen) atoms. The fourth-order valence-electron chi connectivity index (χ4n) is 3.31. The molecule has 0 saturated carbocycles. The summed E-state index contributed by atoms with van der Waals surface area (Å²) in [4.78, 5) is 12.6. The predicted octanol–water partition coefficient (Wildman–Crippen LogP) is 2.47. The number of nitrogens with zero attached hydrogens (tertiary/aromatic N) is 1. The van der Waals surface area contributed by atoms with Crippen molar-refractivity contribution < 1.29 is 14.6 Å². The maximum absolute atomic E-state index is 12.6. The number of carbonyl (C=O) groups is 1. The van der Waals surface area contributed by atoms with Crippen LogP contribution in [0.2, 0.25) is 0 Å². The second kappa shape index (κ2) is 6.65. The van der Waals surface area contributed by atoms with Gasteiger partial charge in [0.1, 0.15) is 11.4 Å². The van der Waals surface area contributed by atoms with Crippen LogP contribution in [0.3, 0.4) is 0 Å². The summed E-state index contributed by atoms with van der Waals surface area (Å²) >= 11 is 0. The van der Waals surface area contributed by atoms with Crippen LogP contribution < -0.4 is 10.1 Å². The summed E-state index contributed by atoms with van der Waals surface area (Å²) in [6.07, 6.45) is -0.0818. The van der Waals surface area contributed by atoms with Gasteiger partial charge in [-0.1, -0.05) is 24.3 Å². The number of aromatic nitrogens is 2. The number of nitrogens with one attached hydrogen (secondary N) is 2. The SMILES string of the molecule is COc1ccc(-c2cc(C(=O)NC3c4ccccc4CC3O)[nH]n2)cc1. The van der Waals surface area contributed by atoms with Crippen molar-refractivity contribution in [3.05, 3.63) is 71.4 Å². The molecule has 1 aliphatic rings. The van der Waals surface area contributed by atoms with Crippen LogP contribution >= 0.6 is 0 Å². The summed E-state index contributed by atoms with van der Waals surface area (Å²) in [6.45, 7) is 0. The van der Waals surface area contributed by atoms with E-state index in [1.165, 1.54) is 0 Å². The molecule has 4 rings (SSSR count). The van der Waals surface area contributed by atoms with Crippen molar-refractivity contribution in [2.75, 3.05) is 7.11 Å². The highest BCUT2D eigenvalue weighted by Gasteiger charge is 2.32. The van der Waals surface area contributed by atoms with Crippen LogP contribution in [0.15, 0.2) is 54.6 Å². The number of aliphatic hydroxyl groups is 1. The molecule has 2 unspecified atom stereocenters. The van der Waals surface area contributed by atoms with Crippen LogP contribution in [-0.4, -0.2) is 34.4 Å². The van der Waals surface area contributed by atoms with Crippen LogP contribution in [0.25, 0.3) is 11.3 Å². The largest absolute Gasteiger partial charge is 0.497 e. The molecule has 2 aromatic carbocycles. The van der Waals surface area contributed by atoms with Gasteiger partial charge in [-0.3, -0.25) is 9.89 Å². The van der Waals surface area contributed by atoms with E-state index in [-0.39, 0.29) is 5.91 Å². The van der Waals surface area contributed by atoms with Gasteiger partial charge in [-0.15, -0.1) is 0 Å². The Bertz CT molecular complexity index is 933. The molecule has 0 saturated heterocycles. The molecule has 1 aliphatic carbocycles. The Morgan fingerprint density at radius 1 is 1.23 bits per heavy atom. The quantitative estimate of drug-likeness (QED) is 0.675. The van der Waals surface area contributed by atoms with Gasteiger partial charge in [-0.05, 0) is 41.5 Å². The zero-order chi connectivity index (χ0) is 18.1. The summed E-state index contributed by atoms with van der Waals surface area (Å²) < 4.78 is 5.15. The Morgan fingerprint density at radius 2 is 2.00 bits per heavy atom. The van der Waals surface area contributed by atoms with Crippen molar-refractivity contribution in [1.82, 2.24) is 15.5 Å². The lowest BCUT2D eigenvalue weighted by molar-refractivity contribution is 0.0853. The van der Waals surface area contributed by atoms with Gasteiger partial charge in [0.05, 0.1) is 24.9 Å². The zero-order valence-electron chi connectivity index (χ0n) is 14.3. The molecule has 2 atom stereocenters. The number of hydrogen-bond acceptors (Lipinski definition) is 4. The molecule has 0 spiro atoms. The maximum atomic E-state index is 12.6. The van der Waals surface area contributed by atoms with E-state index >= 15 is 0 Å². The lowest BCUT2D eigenvalue weighted by Crippen LogP contribution is -2.34. The molecule has 132 valence electrons. The monoisotopic (exact) mass is 349 g/mol. The van der Waals surface area contributed by atoms with Crippen LogP contribution in [0.5, 0.6) is 5.75 Å². The molecule has 0 bridgehead atoms. The first-order valence-electron chi connectivity index (χ1n) is 8.42. The molecule has 3 aromatic rings. The number of ether oxygens (including phenoxy) is 1. The van der Waals surface area contributed by atoms with Gasteiger partial charge >= 0.3 is 0 Å². The third-order valence-electron chi connectivity index (χ3n) is 4.70. The third-order valence-corrected chi connectivity index (χ3v) is 4.70. The first kappa shape index (κ1) is 16.4. The summed E-state index contributed by atoms with van der Waals surface area (Å²) in [5, 5.41) is 20.2. The maximum Gasteiger partial charge on any atom is 0.269 e. The molecule has 0 aliphatic heterocycles. The van der Waals surface area contributed by atoms with Crippen LogP contribution in [0.4, 0.5) is 0 Å². The standard InChI is InChI=1S/C20H19N3O3/c1-26-14-8-6-12(7-9-14)16-11-17(23-22-16)20(25)21-19-15-5-3-2-4-13(15)10-18(19)24/h2-9,11,18-19,24H,10H2,1H3,(H,21,25)(H,22,23). The van der Waals surface area contributed by atoms with Crippen molar-refractivity contribution in [1.29, 1.82) is 0 Å². The van der Waals surface area contributed by atoms with Gasteiger partial charge in [0.15, 0.2) is 0 Å². The number of rotatable bonds is 4. The molecule has 6 nitrogen and oxygen atoms in total. The average molecular weight is 349 g/mol. The minimum Gasteiger partial charge on any atom is -0.497 e. The Labute approximate surface area is 150 Å². The first-order valence-corrected chi connectivity index (χ1v) is 8.42. The molecular weight excluding hydrogens is 330 g/mol. The minimum absolute atomic E-state index is 0.294. The van der Waals surface area contributed by atoms with Crippen molar-refractivity contribution in [2.24, 2.45) is 0 Å². The highest BCUT2D eigenvalue weighted by atomic mass is 16.5. The molecule has 0 fully saturated rings. The Morgan fingerprint density at radius 3 is 2.77 bits per heavy atom. The van der Waals surface area contributed by atoms with Crippen molar-refractivity contribution >= 4 is 5.91 Å². The smallest absolute Gasteiger partial charge is 0.269 e. The average Bonchev–Trinajstić information content (AvgIpc) is 3.27.